The molecular weight excluding hydrogens is 647 g/mol. The summed E-state index contributed by atoms with van der Waals surface area (Å²) in [5, 5.41) is 18.2. The van der Waals surface area contributed by atoms with E-state index in [2.05, 4.69) is 15.5 Å². The highest BCUT2D eigenvalue weighted by atomic mass is 32.2. The Morgan fingerprint density at radius 2 is 1.67 bits per heavy atom. The summed E-state index contributed by atoms with van der Waals surface area (Å²) >= 11 is 1.20. The van der Waals surface area contributed by atoms with Gasteiger partial charge in [-0.05, 0) is 66.2 Å². The van der Waals surface area contributed by atoms with Crippen molar-refractivity contribution in [3.63, 3.8) is 0 Å². The fourth-order valence-corrected chi connectivity index (χ4v) is 6.37. The fourth-order valence-electron chi connectivity index (χ4n) is 5.54. The zero-order chi connectivity index (χ0) is 34.3. The molecule has 6 rings (SSSR count). The number of benzene rings is 4. The number of thioether (sulfide) groups is 1. The van der Waals surface area contributed by atoms with Crippen molar-refractivity contribution in [1.82, 2.24) is 25.1 Å². The molecule has 1 aromatic heterocycles. The summed E-state index contributed by atoms with van der Waals surface area (Å²) in [6.07, 6.45) is 0.446. The monoisotopic (exact) mass is 680 g/mol. The fraction of sp³-hybridized carbons (Fsp3) is 0.194. The molecule has 1 atom stereocenters. The normalized spacial score (nSPS) is 13.9. The molecule has 0 saturated heterocycles. The highest BCUT2D eigenvalue weighted by Gasteiger charge is 2.36. The first kappa shape index (κ1) is 33.2. The van der Waals surface area contributed by atoms with Gasteiger partial charge in [0.05, 0.1) is 45.4 Å². The number of halogens is 1. The molecular formula is C36H33FN6O5S. The molecule has 0 unspecified atom stereocenters. The minimum atomic E-state index is -0.506. The molecule has 0 bridgehead atoms. The predicted molar refractivity (Wildman–Crippen MR) is 183 cm³/mol. The molecule has 0 saturated carbocycles. The van der Waals surface area contributed by atoms with Crippen LogP contribution in [0.5, 0.6) is 17.2 Å². The summed E-state index contributed by atoms with van der Waals surface area (Å²) in [5.41, 5.74) is 3.30. The molecule has 0 radical (unpaired) electrons. The highest BCUT2D eigenvalue weighted by molar-refractivity contribution is 7.99. The van der Waals surface area contributed by atoms with Crippen LogP contribution in [0.15, 0.2) is 107 Å². The maximum absolute atomic E-state index is 14.0. The van der Waals surface area contributed by atoms with Gasteiger partial charge in [-0.3, -0.25) is 14.2 Å². The van der Waals surface area contributed by atoms with Crippen LogP contribution in [0.25, 0.3) is 5.69 Å². The predicted octanol–water partition coefficient (Wildman–Crippen LogP) is 5.83. The summed E-state index contributed by atoms with van der Waals surface area (Å²) in [7, 11) is 4.74. The van der Waals surface area contributed by atoms with Gasteiger partial charge in [-0.2, -0.15) is 5.10 Å². The van der Waals surface area contributed by atoms with E-state index in [0.29, 0.717) is 34.7 Å². The number of hydrogen-bond acceptors (Lipinski definition) is 9. The molecule has 1 aliphatic rings. The second-order valence-corrected chi connectivity index (χ2v) is 11.8. The Bertz CT molecular complexity index is 1990. The first-order valence-electron chi connectivity index (χ1n) is 15.3. The third-order valence-corrected chi connectivity index (χ3v) is 8.83. The van der Waals surface area contributed by atoms with Gasteiger partial charge in [0, 0.05) is 23.2 Å². The second kappa shape index (κ2) is 15.0. The molecule has 0 aliphatic carbocycles. The Hall–Kier alpha value is -5.69. The van der Waals surface area contributed by atoms with Crippen LogP contribution in [0.3, 0.4) is 0 Å². The Labute approximate surface area is 286 Å². The number of rotatable bonds is 12. The molecule has 4 aromatic carbocycles. The lowest BCUT2D eigenvalue weighted by molar-refractivity contribution is -0.130. The van der Waals surface area contributed by atoms with Gasteiger partial charge in [0.25, 0.3) is 11.8 Å². The van der Waals surface area contributed by atoms with Crippen LogP contribution in [-0.2, 0) is 11.3 Å². The van der Waals surface area contributed by atoms with Crippen LogP contribution >= 0.6 is 11.8 Å². The van der Waals surface area contributed by atoms with Crippen molar-refractivity contribution in [3.8, 4) is 22.9 Å². The average Bonchev–Trinajstić information content (AvgIpc) is 3.78. The van der Waals surface area contributed by atoms with Crippen molar-refractivity contribution < 1.29 is 28.2 Å². The van der Waals surface area contributed by atoms with E-state index < -0.39 is 17.8 Å². The van der Waals surface area contributed by atoms with Gasteiger partial charge < -0.3 is 19.5 Å². The number of ether oxygens (including phenoxy) is 3. The zero-order valence-corrected chi connectivity index (χ0v) is 27.8. The van der Waals surface area contributed by atoms with E-state index >= 15 is 0 Å². The van der Waals surface area contributed by atoms with E-state index in [0.717, 1.165) is 22.5 Å². The van der Waals surface area contributed by atoms with Crippen LogP contribution in [0, 0.1) is 5.82 Å². The molecule has 5 aromatic rings. The highest BCUT2D eigenvalue weighted by Crippen LogP contribution is 2.42. The van der Waals surface area contributed by atoms with Crippen LogP contribution in [0.1, 0.15) is 39.8 Å². The lowest BCUT2D eigenvalue weighted by Crippen LogP contribution is -2.29. The maximum atomic E-state index is 14.0. The number of carbonyl (C=O) groups excluding carboxylic acids is 2. The molecule has 13 heteroatoms. The van der Waals surface area contributed by atoms with Crippen LogP contribution in [-0.4, -0.2) is 64.4 Å². The molecule has 49 heavy (non-hydrogen) atoms. The van der Waals surface area contributed by atoms with E-state index in [1.54, 1.807) is 32.0 Å². The molecule has 11 nitrogen and oxygen atoms in total. The molecule has 250 valence electrons. The number of amides is 2. The van der Waals surface area contributed by atoms with Gasteiger partial charge in [-0.25, -0.2) is 9.40 Å². The molecule has 1 N–H and O–H groups in total. The van der Waals surface area contributed by atoms with Gasteiger partial charge in [-0.15, -0.1) is 10.2 Å². The molecule has 1 aliphatic heterocycles. The van der Waals surface area contributed by atoms with Gasteiger partial charge in [0.15, 0.2) is 22.5 Å². The molecule has 0 spiro atoms. The van der Waals surface area contributed by atoms with Crippen molar-refractivity contribution in [2.75, 3.05) is 27.1 Å². The number of hydrogen-bond donors (Lipinski definition) is 1. The number of para-hydroxylation sites is 2. The van der Waals surface area contributed by atoms with Gasteiger partial charge in [-0.1, -0.05) is 48.2 Å². The third-order valence-electron chi connectivity index (χ3n) is 7.91. The van der Waals surface area contributed by atoms with E-state index in [-0.39, 0.29) is 23.8 Å². The minimum Gasteiger partial charge on any atom is -0.497 e. The van der Waals surface area contributed by atoms with Crippen molar-refractivity contribution in [1.29, 1.82) is 0 Å². The Balaban J connectivity index is 1.27. The van der Waals surface area contributed by atoms with Gasteiger partial charge >= 0.3 is 0 Å². The number of nitrogens with one attached hydrogen (secondary N) is 1. The number of methoxy groups -OCH3 is 3. The van der Waals surface area contributed by atoms with Crippen molar-refractivity contribution in [2.24, 2.45) is 5.10 Å². The summed E-state index contributed by atoms with van der Waals surface area (Å²) in [5.74, 6) is 1.00. The van der Waals surface area contributed by atoms with E-state index in [9.17, 15) is 14.0 Å². The van der Waals surface area contributed by atoms with E-state index in [4.69, 9.17) is 19.3 Å². The summed E-state index contributed by atoms with van der Waals surface area (Å²) in [4.78, 5) is 26.8. The summed E-state index contributed by atoms with van der Waals surface area (Å²) < 4.78 is 32.1. The quantitative estimate of drug-likeness (QED) is 0.164. The topological polar surface area (TPSA) is 120 Å². The maximum Gasteiger partial charge on any atom is 0.253 e. The van der Waals surface area contributed by atoms with Crippen molar-refractivity contribution >= 4 is 29.3 Å². The minimum absolute atomic E-state index is 0.0111. The van der Waals surface area contributed by atoms with Crippen LogP contribution in [0.4, 0.5) is 4.39 Å². The number of nitrogens with zero attached hydrogens (tertiary/aromatic N) is 5. The average molecular weight is 681 g/mol. The van der Waals surface area contributed by atoms with Crippen molar-refractivity contribution in [3.05, 3.63) is 125 Å². The number of hydrazone groups is 1. The lowest BCUT2D eigenvalue weighted by atomic mass is 9.97. The van der Waals surface area contributed by atoms with Gasteiger partial charge in [0.1, 0.15) is 11.6 Å². The second-order valence-electron chi connectivity index (χ2n) is 10.9. The lowest BCUT2D eigenvalue weighted by Gasteiger charge is -2.24. The van der Waals surface area contributed by atoms with E-state index in [1.807, 2.05) is 66.7 Å². The number of carbonyl (C=O) groups is 2. The first-order valence-corrected chi connectivity index (χ1v) is 16.3. The molecule has 2 amide bonds. The summed E-state index contributed by atoms with van der Waals surface area (Å²) in [6, 6.07) is 27.5. The zero-order valence-electron chi connectivity index (χ0n) is 27.0. The number of aromatic nitrogens is 3. The van der Waals surface area contributed by atoms with E-state index in [1.165, 1.54) is 41.0 Å². The Morgan fingerprint density at radius 3 is 2.39 bits per heavy atom. The van der Waals surface area contributed by atoms with Crippen LogP contribution < -0.4 is 19.5 Å². The standard InChI is InChI=1S/C36H33FN6O5S/c1-46-27-17-15-23(16-18-27)29-20-30(28-13-8-14-31(47-2)34(28)48-3)43(41-29)33(44)22-49-36-40-39-32(42(36)26-11-5-4-6-12-26)21-38-35(45)24-9-7-10-25(37)19-24/h4-19,30H,20-22H2,1-3H3,(H,38,45)/t30-/m0/s1. The molecule has 0 fully saturated rings. The van der Waals surface area contributed by atoms with Gasteiger partial charge in [0.2, 0.25) is 0 Å². The largest absolute Gasteiger partial charge is 0.497 e. The first-order chi connectivity index (χ1) is 23.9. The van der Waals surface area contributed by atoms with Crippen LogP contribution in [0.2, 0.25) is 0 Å². The Kier molecular flexibility index (Phi) is 10.2. The van der Waals surface area contributed by atoms with Crippen molar-refractivity contribution in [2.45, 2.75) is 24.2 Å². The summed E-state index contributed by atoms with van der Waals surface area (Å²) in [6.45, 7) is 0.0189. The molecule has 2 heterocycles. The Morgan fingerprint density at radius 1 is 0.898 bits per heavy atom. The SMILES string of the molecule is COc1ccc(C2=NN(C(=O)CSc3nnc(CNC(=O)c4cccc(F)c4)n3-c3ccccc3)[C@H](c3cccc(OC)c3OC)C2)cc1. The third kappa shape index (κ3) is 7.26. The smallest absolute Gasteiger partial charge is 0.253 e.